The first kappa shape index (κ1) is 13.1. The Bertz CT molecular complexity index is 102. The first-order valence-corrected chi connectivity index (χ1v) is 3.64. The van der Waals surface area contributed by atoms with Crippen LogP contribution in [0.25, 0.3) is 0 Å². The van der Waals surface area contributed by atoms with E-state index in [9.17, 15) is 4.79 Å². The Morgan fingerprint density at radius 1 is 1.45 bits per heavy atom. The molecule has 0 rings (SSSR count). The molecule has 0 amide bonds. The van der Waals surface area contributed by atoms with Crippen LogP contribution in [0.2, 0.25) is 0 Å². The van der Waals surface area contributed by atoms with Crippen LogP contribution in [0, 0.1) is 0 Å². The number of carbonyl (C=O) groups is 1. The average molecular weight is 162 g/mol. The Hall–Kier alpha value is -0.570. The molecule has 3 nitrogen and oxygen atoms in total. The van der Waals surface area contributed by atoms with Crippen LogP contribution in [-0.2, 0) is 9.53 Å². The molecule has 11 heavy (non-hydrogen) atoms. The van der Waals surface area contributed by atoms with Crippen molar-refractivity contribution in [3.63, 3.8) is 0 Å². The van der Waals surface area contributed by atoms with E-state index in [1.54, 1.807) is 6.92 Å². The van der Waals surface area contributed by atoms with Gasteiger partial charge in [0, 0.05) is 13.5 Å². The minimum Gasteiger partial charge on any atom is -0.460 e. The third-order valence-electron chi connectivity index (χ3n) is 0.450. The highest BCUT2D eigenvalue weighted by molar-refractivity contribution is 5.66. The molecule has 0 heterocycles. The summed E-state index contributed by atoms with van der Waals surface area (Å²) in [7, 11) is 0. The van der Waals surface area contributed by atoms with Crippen LogP contribution >= 0.6 is 0 Å². The summed E-state index contributed by atoms with van der Waals surface area (Å²) in [5.41, 5.74) is -0.328. The Morgan fingerprint density at radius 2 is 1.73 bits per heavy atom. The van der Waals surface area contributed by atoms with Gasteiger partial charge in [-0.15, -0.1) is 0 Å². The second-order valence-electron chi connectivity index (χ2n) is 3.02. The molecule has 0 spiro atoms. The molecule has 0 aromatic rings. The fraction of sp³-hybridized carbons (Fsp3) is 0.875. The lowest BCUT2D eigenvalue weighted by atomic mass is 10.2. The van der Waals surface area contributed by atoms with Crippen LogP contribution in [0.1, 0.15) is 34.6 Å². The van der Waals surface area contributed by atoms with Crippen molar-refractivity contribution in [3.05, 3.63) is 0 Å². The van der Waals surface area contributed by atoms with Crippen molar-refractivity contribution in [1.82, 2.24) is 0 Å². The number of aliphatic hydroxyl groups excluding tert-OH is 1. The van der Waals surface area contributed by atoms with Crippen molar-refractivity contribution in [2.24, 2.45) is 0 Å². The highest BCUT2D eigenvalue weighted by atomic mass is 16.6. The molecule has 0 atom stereocenters. The highest BCUT2D eigenvalue weighted by Crippen LogP contribution is 2.05. The quantitative estimate of drug-likeness (QED) is 0.547. The van der Waals surface area contributed by atoms with Gasteiger partial charge in [-0.2, -0.15) is 0 Å². The predicted molar refractivity (Wildman–Crippen MR) is 44.3 cm³/mol. The summed E-state index contributed by atoms with van der Waals surface area (Å²) in [6, 6.07) is 0. The van der Waals surface area contributed by atoms with E-state index in [0.29, 0.717) is 0 Å². The number of esters is 1. The van der Waals surface area contributed by atoms with Crippen molar-refractivity contribution in [2.75, 3.05) is 6.61 Å². The van der Waals surface area contributed by atoms with Crippen molar-refractivity contribution in [1.29, 1.82) is 0 Å². The van der Waals surface area contributed by atoms with E-state index in [1.807, 2.05) is 20.8 Å². The zero-order chi connectivity index (χ0) is 9.49. The van der Waals surface area contributed by atoms with Gasteiger partial charge in [-0.05, 0) is 27.7 Å². The highest BCUT2D eigenvalue weighted by Gasteiger charge is 2.11. The molecule has 0 fully saturated rings. The summed E-state index contributed by atoms with van der Waals surface area (Å²) in [4.78, 5) is 10.2. The first-order chi connectivity index (χ1) is 4.83. The van der Waals surface area contributed by atoms with Gasteiger partial charge in [-0.25, -0.2) is 0 Å². The molecule has 3 heteroatoms. The SMILES string of the molecule is CC(=O)OC(C)(C)C.CCO. The van der Waals surface area contributed by atoms with Gasteiger partial charge >= 0.3 is 5.97 Å². The standard InChI is InChI=1S/C6H12O2.C2H6O/c1-5(7)8-6(2,3)4;1-2-3/h1-4H3;3H,2H2,1H3. The van der Waals surface area contributed by atoms with Crippen LogP contribution in [0.4, 0.5) is 0 Å². The van der Waals surface area contributed by atoms with Crippen molar-refractivity contribution < 1.29 is 14.6 Å². The Balaban J connectivity index is 0. The molecule has 0 unspecified atom stereocenters. The molecule has 0 aromatic heterocycles. The van der Waals surface area contributed by atoms with Crippen molar-refractivity contribution in [3.8, 4) is 0 Å². The van der Waals surface area contributed by atoms with Gasteiger partial charge in [0.05, 0.1) is 0 Å². The topological polar surface area (TPSA) is 46.5 Å². The normalized spacial score (nSPS) is 9.64. The van der Waals surface area contributed by atoms with Crippen LogP contribution in [0.5, 0.6) is 0 Å². The number of hydrogen-bond acceptors (Lipinski definition) is 3. The third kappa shape index (κ3) is 26.5. The van der Waals surface area contributed by atoms with E-state index < -0.39 is 0 Å². The Labute approximate surface area is 68.4 Å². The van der Waals surface area contributed by atoms with Gasteiger partial charge in [0.1, 0.15) is 5.60 Å². The molecular weight excluding hydrogens is 144 g/mol. The molecule has 1 N–H and O–H groups in total. The third-order valence-corrected chi connectivity index (χ3v) is 0.450. The van der Waals surface area contributed by atoms with Gasteiger partial charge in [0.2, 0.25) is 0 Å². The second-order valence-corrected chi connectivity index (χ2v) is 3.02. The number of aliphatic hydroxyl groups is 1. The predicted octanol–water partition coefficient (Wildman–Crippen LogP) is 1.35. The van der Waals surface area contributed by atoms with Gasteiger partial charge in [-0.3, -0.25) is 4.79 Å². The van der Waals surface area contributed by atoms with E-state index in [1.165, 1.54) is 6.92 Å². The molecule has 0 aliphatic rings. The number of hydrogen-bond donors (Lipinski definition) is 1. The monoisotopic (exact) mass is 162 g/mol. The molecule has 0 aliphatic heterocycles. The maximum absolute atomic E-state index is 10.2. The van der Waals surface area contributed by atoms with Crippen molar-refractivity contribution in [2.45, 2.75) is 40.2 Å². The summed E-state index contributed by atoms with van der Waals surface area (Å²) < 4.78 is 4.80. The summed E-state index contributed by atoms with van der Waals surface area (Å²) in [6.45, 7) is 8.86. The van der Waals surface area contributed by atoms with Gasteiger partial charge in [0.15, 0.2) is 0 Å². The van der Waals surface area contributed by atoms with Crippen LogP contribution in [0.15, 0.2) is 0 Å². The number of ether oxygens (including phenoxy) is 1. The Morgan fingerprint density at radius 3 is 1.73 bits per heavy atom. The minimum absolute atomic E-state index is 0.225. The van der Waals surface area contributed by atoms with E-state index >= 15 is 0 Å². The fourth-order valence-corrected chi connectivity index (χ4v) is 0.431. The molecule has 0 bridgehead atoms. The molecule has 68 valence electrons. The minimum atomic E-state index is -0.328. The van der Waals surface area contributed by atoms with Gasteiger partial charge < -0.3 is 9.84 Å². The summed E-state index contributed by atoms with van der Waals surface area (Å²) in [5.74, 6) is -0.225. The van der Waals surface area contributed by atoms with E-state index in [2.05, 4.69) is 0 Å². The van der Waals surface area contributed by atoms with Crippen LogP contribution in [-0.4, -0.2) is 23.3 Å². The lowest BCUT2D eigenvalue weighted by molar-refractivity contribution is -0.151. The average Bonchev–Trinajstić information content (AvgIpc) is 1.57. The fourth-order valence-electron chi connectivity index (χ4n) is 0.431. The Kier molecular flexibility index (Phi) is 7.31. The molecule has 0 saturated carbocycles. The van der Waals surface area contributed by atoms with Gasteiger partial charge in [-0.1, -0.05) is 0 Å². The van der Waals surface area contributed by atoms with Crippen molar-refractivity contribution >= 4 is 5.97 Å². The zero-order valence-electron chi connectivity index (χ0n) is 7.97. The van der Waals surface area contributed by atoms with E-state index in [-0.39, 0.29) is 18.2 Å². The van der Waals surface area contributed by atoms with E-state index in [4.69, 9.17) is 9.84 Å². The van der Waals surface area contributed by atoms with Gasteiger partial charge in [0.25, 0.3) is 0 Å². The maximum Gasteiger partial charge on any atom is 0.303 e. The molecule has 0 radical (unpaired) electrons. The molecular formula is C8H18O3. The molecule has 0 aromatic carbocycles. The summed E-state index contributed by atoms with van der Waals surface area (Å²) >= 11 is 0. The lowest BCUT2D eigenvalue weighted by Crippen LogP contribution is -2.21. The summed E-state index contributed by atoms with van der Waals surface area (Å²) in [6.07, 6.45) is 0. The first-order valence-electron chi connectivity index (χ1n) is 3.64. The van der Waals surface area contributed by atoms with E-state index in [0.717, 1.165) is 0 Å². The summed E-state index contributed by atoms with van der Waals surface area (Å²) in [5, 5.41) is 7.57. The zero-order valence-corrected chi connectivity index (χ0v) is 7.97. The number of carbonyl (C=O) groups excluding carboxylic acids is 1. The lowest BCUT2D eigenvalue weighted by Gasteiger charge is -2.17. The van der Waals surface area contributed by atoms with Crippen LogP contribution < -0.4 is 0 Å². The second kappa shape index (κ2) is 6.16. The largest absolute Gasteiger partial charge is 0.460 e. The molecule has 0 aliphatic carbocycles. The van der Waals surface area contributed by atoms with Crippen LogP contribution in [0.3, 0.4) is 0 Å². The smallest absolute Gasteiger partial charge is 0.303 e. The maximum atomic E-state index is 10.2. The molecule has 0 saturated heterocycles. The number of rotatable bonds is 0.